The molecule has 112 valence electrons. The van der Waals surface area contributed by atoms with E-state index in [1.807, 2.05) is 24.3 Å². The monoisotopic (exact) mass is 286 g/mol. The number of likely N-dealkylation sites (tertiary alicyclic amines) is 1. The first-order valence-electron chi connectivity index (χ1n) is 7.66. The average molecular weight is 286 g/mol. The van der Waals surface area contributed by atoms with E-state index in [1.165, 1.54) is 11.3 Å². The fourth-order valence-corrected chi connectivity index (χ4v) is 3.30. The summed E-state index contributed by atoms with van der Waals surface area (Å²) in [5.41, 5.74) is 1.78. The number of nitriles is 1. The van der Waals surface area contributed by atoms with E-state index in [4.69, 9.17) is 5.26 Å². The molecule has 0 aromatic heterocycles. The smallest absolute Gasteiger partial charge is 0.279 e. The van der Waals surface area contributed by atoms with E-state index in [0.29, 0.717) is 24.8 Å². The maximum Gasteiger partial charge on any atom is 0.279 e. The third kappa shape index (κ3) is 4.87. The van der Waals surface area contributed by atoms with Crippen molar-refractivity contribution in [2.45, 2.75) is 26.7 Å². The maximum absolute atomic E-state index is 12.1. The number of piperidine rings is 1. The van der Waals surface area contributed by atoms with Crippen molar-refractivity contribution < 1.29 is 9.69 Å². The first-order chi connectivity index (χ1) is 10.1. The van der Waals surface area contributed by atoms with Gasteiger partial charge in [0, 0.05) is 17.5 Å². The molecule has 0 saturated carbocycles. The number of quaternary nitrogens is 1. The number of anilines is 1. The Morgan fingerprint density at radius 1 is 1.29 bits per heavy atom. The minimum absolute atomic E-state index is 0.0688. The fourth-order valence-electron chi connectivity index (χ4n) is 3.30. The SMILES string of the molecule is C[C@H]1C[C@H](C)C[NH+](CC(=O)Nc2ccc(CC#N)cc2)C1. The molecule has 0 aliphatic carbocycles. The minimum Gasteiger partial charge on any atom is -0.327 e. The Morgan fingerprint density at radius 2 is 1.90 bits per heavy atom. The number of rotatable bonds is 4. The molecule has 1 aromatic rings. The first-order valence-corrected chi connectivity index (χ1v) is 7.66. The lowest BCUT2D eigenvalue weighted by Gasteiger charge is -2.31. The largest absolute Gasteiger partial charge is 0.327 e. The molecule has 1 amide bonds. The zero-order valence-corrected chi connectivity index (χ0v) is 12.9. The number of benzene rings is 1. The second kappa shape index (κ2) is 7.24. The standard InChI is InChI=1S/C17H23N3O/c1-13-9-14(2)11-20(10-13)12-17(21)19-16-5-3-15(4-6-16)7-8-18/h3-6,13-14H,7,9-12H2,1-2H3,(H,19,21)/p+1/t13-,14-/m0/s1. The lowest BCUT2D eigenvalue weighted by atomic mass is 9.92. The summed E-state index contributed by atoms with van der Waals surface area (Å²) in [6.07, 6.45) is 1.67. The highest BCUT2D eigenvalue weighted by molar-refractivity contribution is 5.91. The third-order valence-corrected chi connectivity index (χ3v) is 4.01. The normalized spacial score (nSPS) is 25.1. The second-order valence-corrected chi connectivity index (χ2v) is 6.36. The van der Waals surface area contributed by atoms with Gasteiger partial charge >= 0.3 is 0 Å². The third-order valence-electron chi connectivity index (χ3n) is 4.01. The molecule has 0 bridgehead atoms. The Kier molecular flexibility index (Phi) is 5.35. The highest BCUT2D eigenvalue weighted by Gasteiger charge is 2.26. The number of hydrogen-bond donors (Lipinski definition) is 2. The van der Waals surface area contributed by atoms with Gasteiger partial charge < -0.3 is 10.2 Å². The van der Waals surface area contributed by atoms with Gasteiger partial charge in [-0.1, -0.05) is 26.0 Å². The molecule has 4 nitrogen and oxygen atoms in total. The molecule has 2 rings (SSSR count). The molecule has 0 spiro atoms. The van der Waals surface area contributed by atoms with E-state index in [0.717, 1.165) is 24.3 Å². The van der Waals surface area contributed by atoms with Gasteiger partial charge in [0.25, 0.3) is 5.91 Å². The van der Waals surface area contributed by atoms with Gasteiger partial charge in [0.15, 0.2) is 6.54 Å². The van der Waals surface area contributed by atoms with Gasteiger partial charge in [-0.3, -0.25) is 4.79 Å². The maximum atomic E-state index is 12.1. The van der Waals surface area contributed by atoms with Crippen molar-refractivity contribution in [2.75, 3.05) is 25.0 Å². The van der Waals surface area contributed by atoms with Gasteiger partial charge in [0.1, 0.15) is 0 Å². The predicted molar refractivity (Wildman–Crippen MR) is 82.9 cm³/mol. The summed E-state index contributed by atoms with van der Waals surface area (Å²) in [6.45, 7) is 7.23. The van der Waals surface area contributed by atoms with Crippen molar-refractivity contribution in [3.05, 3.63) is 29.8 Å². The van der Waals surface area contributed by atoms with E-state index in [-0.39, 0.29) is 5.91 Å². The van der Waals surface area contributed by atoms with Crippen LogP contribution in [-0.4, -0.2) is 25.5 Å². The molecule has 0 unspecified atom stereocenters. The van der Waals surface area contributed by atoms with Crippen LogP contribution < -0.4 is 10.2 Å². The van der Waals surface area contributed by atoms with Gasteiger partial charge in [-0.2, -0.15) is 5.26 Å². The number of nitrogens with one attached hydrogen (secondary N) is 2. The van der Waals surface area contributed by atoms with E-state index in [9.17, 15) is 4.79 Å². The van der Waals surface area contributed by atoms with Gasteiger partial charge in [-0.25, -0.2) is 0 Å². The summed E-state index contributed by atoms with van der Waals surface area (Å²) in [4.78, 5) is 13.5. The Hall–Kier alpha value is -1.86. The van der Waals surface area contributed by atoms with Crippen LogP contribution in [0.15, 0.2) is 24.3 Å². The molecule has 21 heavy (non-hydrogen) atoms. The summed E-state index contributed by atoms with van der Waals surface area (Å²) in [6, 6.07) is 9.61. The molecule has 1 aromatic carbocycles. The van der Waals surface area contributed by atoms with E-state index in [2.05, 4.69) is 25.2 Å². The Balaban J connectivity index is 1.85. The van der Waals surface area contributed by atoms with Crippen molar-refractivity contribution in [2.24, 2.45) is 11.8 Å². The van der Waals surface area contributed by atoms with Crippen LogP contribution in [0.1, 0.15) is 25.8 Å². The number of hydrogen-bond acceptors (Lipinski definition) is 2. The molecule has 1 aliphatic rings. The molecule has 4 heteroatoms. The number of amides is 1. The highest BCUT2D eigenvalue weighted by Crippen LogP contribution is 2.12. The van der Waals surface area contributed by atoms with E-state index >= 15 is 0 Å². The number of carbonyl (C=O) groups is 1. The van der Waals surface area contributed by atoms with Crippen LogP contribution in [0.5, 0.6) is 0 Å². The minimum atomic E-state index is 0.0688. The molecule has 1 heterocycles. The zero-order valence-electron chi connectivity index (χ0n) is 12.9. The average Bonchev–Trinajstić information content (AvgIpc) is 2.40. The lowest BCUT2D eigenvalue weighted by molar-refractivity contribution is -0.904. The fraction of sp³-hybridized carbons (Fsp3) is 0.529. The second-order valence-electron chi connectivity index (χ2n) is 6.36. The number of carbonyl (C=O) groups excluding carboxylic acids is 1. The van der Waals surface area contributed by atoms with E-state index in [1.54, 1.807) is 0 Å². The van der Waals surface area contributed by atoms with Crippen LogP contribution in [0.2, 0.25) is 0 Å². The predicted octanol–water partition coefficient (Wildman–Crippen LogP) is 1.25. The van der Waals surface area contributed by atoms with Crippen LogP contribution in [0.25, 0.3) is 0 Å². The van der Waals surface area contributed by atoms with Crippen molar-refractivity contribution in [3.63, 3.8) is 0 Å². The summed E-state index contributed by atoms with van der Waals surface area (Å²) in [5.74, 6) is 1.46. The molecule has 2 atom stereocenters. The lowest BCUT2D eigenvalue weighted by Crippen LogP contribution is -3.15. The van der Waals surface area contributed by atoms with Crippen LogP contribution in [-0.2, 0) is 11.2 Å². The number of nitrogens with zero attached hydrogens (tertiary/aromatic N) is 1. The molecule has 1 aliphatic heterocycles. The van der Waals surface area contributed by atoms with Crippen LogP contribution in [0, 0.1) is 23.2 Å². The molecule has 1 saturated heterocycles. The summed E-state index contributed by atoms with van der Waals surface area (Å²) >= 11 is 0. The Labute approximate surface area is 126 Å². The summed E-state index contributed by atoms with van der Waals surface area (Å²) < 4.78 is 0. The van der Waals surface area contributed by atoms with Crippen molar-refractivity contribution in [3.8, 4) is 6.07 Å². The molecule has 1 fully saturated rings. The van der Waals surface area contributed by atoms with Crippen molar-refractivity contribution in [1.29, 1.82) is 5.26 Å². The van der Waals surface area contributed by atoms with Gasteiger partial charge in [-0.05, 0) is 24.1 Å². The molecular weight excluding hydrogens is 262 g/mol. The summed E-state index contributed by atoms with van der Waals surface area (Å²) in [5, 5.41) is 11.6. The zero-order chi connectivity index (χ0) is 15.2. The molecule has 0 radical (unpaired) electrons. The first kappa shape index (κ1) is 15.5. The van der Waals surface area contributed by atoms with Gasteiger partial charge in [-0.15, -0.1) is 0 Å². The van der Waals surface area contributed by atoms with E-state index < -0.39 is 0 Å². The topological polar surface area (TPSA) is 57.3 Å². The van der Waals surface area contributed by atoms with Gasteiger partial charge in [0.2, 0.25) is 0 Å². The molecular formula is C17H24N3O+. The van der Waals surface area contributed by atoms with Crippen LogP contribution >= 0.6 is 0 Å². The van der Waals surface area contributed by atoms with Crippen molar-refractivity contribution in [1.82, 2.24) is 0 Å². The van der Waals surface area contributed by atoms with Crippen LogP contribution in [0.3, 0.4) is 0 Å². The summed E-state index contributed by atoms with van der Waals surface area (Å²) in [7, 11) is 0. The van der Waals surface area contributed by atoms with Gasteiger partial charge in [0.05, 0.1) is 25.6 Å². The van der Waals surface area contributed by atoms with Crippen LogP contribution in [0.4, 0.5) is 5.69 Å². The quantitative estimate of drug-likeness (QED) is 0.875. The Bertz CT molecular complexity index is 508. The Morgan fingerprint density at radius 3 is 2.48 bits per heavy atom. The molecule has 2 N–H and O–H groups in total. The van der Waals surface area contributed by atoms with Crippen molar-refractivity contribution >= 4 is 11.6 Å². The highest BCUT2D eigenvalue weighted by atomic mass is 16.2.